The predicted molar refractivity (Wildman–Crippen MR) is 61.4 cm³/mol. The van der Waals surface area contributed by atoms with E-state index >= 15 is 0 Å². The van der Waals surface area contributed by atoms with Gasteiger partial charge in [-0.25, -0.2) is 0 Å². The lowest BCUT2D eigenvalue weighted by Crippen LogP contribution is -2.08. The zero-order chi connectivity index (χ0) is 11.7. The molecule has 2 heterocycles. The molecule has 0 radical (unpaired) electrons. The van der Waals surface area contributed by atoms with Crippen molar-refractivity contribution in [3.8, 4) is 17.1 Å². The van der Waals surface area contributed by atoms with Gasteiger partial charge in [-0.1, -0.05) is 5.16 Å². The molecule has 0 bridgehead atoms. The normalized spacial score (nSPS) is 14.2. The Hall–Kier alpha value is -1.88. The molecule has 0 saturated heterocycles. The van der Waals surface area contributed by atoms with Gasteiger partial charge in [0.2, 0.25) is 11.7 Å². The van der Waals surface area contributed by atoms with Gasteiger partial charge in [-0.2, -0.15) is 4.98 Å². The van der Waals surface area contributed by atoms with Crippen LogP contribution in [0.2, 0.25) is 0 Å². The molecule has 0 saturated carbocycles. The van der Waals surface area contributed by atoms with E-state index in [9.17, 15) is 0 Å². The van der Waals surface area contributed by atoms with E-state index < -0.39 is 0 Å². The van der Waals surface area contributed by atoms with Crippen LogP contribution in [0, 0.1) is 0 Å². The first-order chi connectivity index (χ1) is 8.36. The Labute approximate surface area is 98.6 Å². The van der Waals surface area contributed by atoms with Crippen LogP contribution in [0.4, 0.5) is 0 Å². The lowest BCUT2D eigenvalue weighted by molar-refractivity contribution is 0.288. The maximum Gasteiger partial charge on any atom is 0.240 e. The van der Waals surface area contributed by atoms with E-state index in [-0.39, 0.29) is 6.54 Å². The number of hydrogen-bond acceptors (Lipinski definition) is 5. The van der Waals surface area contributed by atoms with Crippen LogP contribution in [0.5, 0.6) is 5.75 Å². The van der Waals surface area contributed by atoms with Crippen LogP contribution in [-0.2, 0) is 13.0 Å². The van der Waals surface area contributed by atoms with E-state index in [2.05, 4.69) is 16.2 Å². The van der Waals surface area contributed by atoms with E-state index in [0.717, 1.165) is 30.8 Å². The maximum atomic E-state index is 5.56. The lowest BCUT2D eigenvalue weighted by Gasteiger charge is -2.17. The third-order valence-electron chi connectivity index (χ3n) is 2.81. The minimum absolute atomic E-state index is 0.265. The second-order valence-electron chi connectivity index (χ2n) is 3.99. The smallest absolute Gasteiger partial charge is 0.240 e. The molecule has 5 nitrogen and oxygen atoms in total. The molecule has 88 valence electrons. The first-order valence-electron chi connectivity index (χ1n) is 5.65. The van der Waals surface area contributed by atoms with Gasteiger partial charge in [0.05, 0.1) is 13.2 Å². The van der Waals surface area contributed by atoms with Crippen molar-refractivity contribution in [2.75, 3.05) is 6.61 Å². The Morgan fingerprint density at radius 2 is 2.29 bits per heavy atom. The number of hydrogen-bond donors (Lipinski definition) is 1. The molecule has 1 aromatic carbocycles. The SMILES string of the molecule is NCc1nc(-c2ccc3c(c2)CCCO3)no1. The molecule has 2 N–H and O–H groups in total. The summed E-state index contributed by atoms with van der Waals surface area (Å²) in [6, 6.07) is 5.96. The fourth-order valence-electron chi connectivity index (χ4n) is 1.95. The van der Waals surface area contributed by atoms with Gasteiger partial charge in [-0.05, 0) is 36.6 Å². The van der Waals surface area contributed by atoms with Crippen molar-refractivity contribution in [3.63, 3.8) is 0 Å². The Bertz CT molecular complexity index is 536. The zero-order valence-corrected chi connectivity index (χ0v) is 9.35. The summed E-state index contributed by atoms with van der Waals surface area (Å²) in [6.07, 6.45) is 2.08. The molecule has 5 heteroatoms. The average Bonchev–Trinajstić information content (AvgIpc) is 2.87. The first-order valence-corrected chi connectivity index (χ1v) is 5.65. The monoisotopic (exact) mass is 231 g/mol. The van der Waals surface area contributed by atoms with E-state index in [1.54, 1.807) is 0 Å². The van der Waals surface area contributed by atoms with Crippen molar-refractivity contribution in [2.45, 2.75) is 19.4 Å². The molecule has 1 aliphatic heterocycles. The Morgan fingerprint density at radius 3 is 3.12 bits per heavy atom. The Morgan fingerprint density at radius 1 is 1.35 bits per heavy atom. The molecule has 0 atom stereocenters. The number of nitrogens with two attached hydrogens (primary N) is 1. The number of rotatable bonds is 2. The standard InChI is InChI=1S/C12H13N3O2/c13-7-11-14-12(15-17-11)9-3-4-10-8(6-9)2-1-5-16-10/h3-4,6H,1-2,5,7,13H2. The zero-order valence-electron chi connectivity index (χ0n) is 9.35. The van der Waals surface area contributed by atoms with E-state index in [1.807, 2.05) is 12.1 Å². The van der Waals surface area contributed by atoms with Crippen molar-refractivity contribution in [1.29, 1.82) is 0 Å². The highest BCUT2D eigenvalue weighted by Crippen LogP contribution is 2.28. The molecular formula is C12H13N3O2. The van der Waals surface area contributed by atoms with Crippen molar-refractivity contribution >= 4 is 0 Å². The fraction of sp³-hybridized carbons (Fsp3) is 0.333. The molecular weight excluding hydrogens is 218 g/mol. The maximum absolute atomic E-state index is 5.56. The minimum Gasteiger partial charge on any atom is -0.493 e. The number of ether oxygens (including phenoxy) is 1. The van der Waals surface area contributed by atoms with Gasteiger partial charge in [0.1, 0.15) is 5.75 Å². The van der Waals surface area contributed by atoms with Gasteiger partial charge in [0.25, 0.3) is 0 Å². The predicted octanol–water partition coefficient (Wildman–Crippen LogP) is 1.52. The van der Waals surface area contributed by atoms with Crippen LogP contribution in [0.1, 0.15) is 17.9 Å². The van der Waals surface area contributed by atoms with Gasteiger partial charge >= 0.3 is 0 Å². The fourth-order valence-corrected chi connectivity index (χ4v) is 1.95. The molecule has 17 heavy (non-hydrogen) atoms. The summed E-state index contributed by atoms with van der Waals surface area (Å²) in [5, 5.41) is 3.90. The summed E-state index contributed by atoms with van der Waals surface area (Å²) < 4.78 is 10.6. The summed E-state index contributed by atoms with van der Waals surface area (Å²) in [4.78, 5) is 4.20. The highest BCUT2D eigenvalue weighted by Gasteiger charge is 2.13. The highest BCUT2D eigenvalue weighted by atomic mass is 16.5. The topological polar surface area (TPSA) is 74.2 Å². The van der Waals surface area contributed by atoms with Crippen LogP contribution in [0.25, 0.3) is 11.4 Å². The number of fused-ring (bicyclic) bond motifs is 1. The van der Waals surface area contributed by atoms with Crippen LogP contribution in [0.3, 0.4) is 0 Å². The molecule has 3 rings (SSSR count). The summed E-state index contributed by atoms with van der Waals surface area (Å²) in [5.41, 5.74) is 7.58. The average molecular weight is 231 g/mol. The number of benzene rings is 1. The van der Waals surface area contributed by atoms with Crippen molar-refractivity contribution < 1.29 is 9.26 Å². The quantitative estimate of drug-likeness (QED) is 0.848. The summed E-state index contributed by atoms with van der Waals surface area (Å²) in [5.74, 6) is 2.00. The van der Waals surface area contributed by atoms with Gasteiger partial charge in [-0.15, -0.1) is 0 Å². The van der Waals surface area contributed by atoms with Crippen molar-refractivity contribution in [2.24, 2.45) is 5.73 Å². The third kappa shape index (κ3) is 1.89. The number of nitrogens with zero attached hydrogens (tertiary/aromatic N) is 2. The van der Waals surface area contributed by atoms with Gasteiger partial charge in [-0.3, -0.25) is 0 Å². The summed E-state index contributed by atoms with van der Waals surface area (Å²) in [6.45, 7) is 1.06. The lowest BCUT2D eigenvalue weighted by atomic mass is 10.0. The summed E-state index contributed by atoms with van der Waals surface area (Å²) >= 11 is 0. The van der Waals surface area contributed by atoms with Crippen LogP contribution in [-0.4, -0.2) is 16.7 Å². The van der Waals surface area contributed by atoms with Crippen LogP contribution in [0.15, 0.2) is 22.7 Å². The van der Waals surface area contributed by atoms with E-state index in [4.69, 9.17) is 15.0 Å². The Kier molecular flexibility index (Phi) is 2.53. The van der Waals surface area contributed by atoms with Crippen LogP contribution >= 0.6 is 0 Å². The van der Waals surface area contributed by atoms with Gasteiger partial charge in [0.15, 0.2) is 0 Å². The van der Waals surface area contributed by atoms with Crippen LogP contribution < -0.4 is 10.5 Å². The molecule has 1 aromatic heterocycles. The second-order valence-corrected chi connectivity index (χ2v) is 3.99. The molecule has 1 aliphatic rings. The molecule has 2 aromatic rings. The van der Waals surface area contributed by atoms with E-state index in [1.165, 1.54) is 5.56 Å². The Balaban J connectivity index is 1.97. The summed E-state index contributed by atoms with van der Waals surface area (Å²) in [7, 11) is 0. The third-order valence-corrected chi connectivity index (χ3v) is 2.81. The largest absolute Gasteiger partial charge is 0.493 e. The first kappa shape index (κ1) is 10.3. The minimum atomic E-state index is 0.265. The van der Waals surface area contributed by atoms with Crippen molar-refractivity contribution in [1.82, 2.24) is 10.1 Å². The van der Waals surface area contributed by atoms with E-state index in [0.29, 0.717) is 11.7 Å². The molecule has 0 spiro atoms. The van der Waals surface area contributed by atoms with Gasteiger partial charge in [0, 0.05) is 5.56 Å². The second kappa shape index (κ2) is 4.18. The highest BCUT2D eigenvalue weighted by molar-refractivity contribution is 5.58. The molecule has 0 aliphatic carbocycles. The number of aromatic nitrogens is 2. The number of aryl methyl sites for hydroxylation is 1. The molecule has 0 unspecified atom stereocenters. The van der Waals surface area contributed by atoms with Crippen molar-refractivity contribution in [3.05, 3.63) is 29.7 Å². The molecule has 0 fully saturated rings. The van der Waals surface area contributed by atoms with Gasteiger partial charge < -0.3 is 15.0 Å². The molecule has 0 amide bonds.